The number of aryl methyl sites for hydroxylation is 1. The highest BCUT2D eigenvalue weighted by molar-refractivity contribution is 5.71. The molecule has 0 saturated heterocycles. The van der Waals surface area contributed by atoms with Crippen LogP contribution in [-0.2, 0) is 13.0 Å². The molecule has 0 atom stereocenters. The van der Waals surface area contributed by atoms with Gasteiger partial charge in [-0.3, -0.25) is 0 Å². The first-order valence-electron chi connectivity index (χ1n) is 5.37. The maximum absolute atomic E-state index is 5.57. The molecule has 0 aliphatic heterocycles. The summed E-state index contributed by atoms with van der Waals surface area (Å²) in [7, 11) is 0. The van der Waals surface area contributed by atoms with E-state index in [1.54, 1.807) is 0 Å². The molecule has 2 aromatic heterocycles. The maximum Gasteiger partial charge on any atom is 0.159 e. The van der Waals surface area contributed by atoms with Crippen LogP contribution in [0.3, 0.4) is 0 Å². The molecule has 0 aliphatic carbocycles. The van der Waals surface area contributed by atoms with Gasteiger partial charge in [-0.2, -0.15) is 0 Å². The monoisotopic (exact) mass is 204 g/mol. The van der Waals surface area contributed by atoms with E-state index in [9.17, 15) is 0 Å². The lowest BCUT2D eigenvalue weighted by Crippen LogP contribution is -2.10. The molecular weight excluding hydrogens is 188 g/mol. The van der Waals surface area contributed by atoms with Gasteiger partial charge in [0.05, 0.1) is 0 Å². The maximum atomic E-state index is 5.57. The fourth-order valence-corrected chi connectivity index (χ4v) is 1.78. The van der Waals surface area contributed by atoms with Crippen molar-refractivity contribution < 1.29 is 0 Å². The quantitative estimate of drug-likeness (QED) is 0.817. The van der Waals surface area contributed by atoms with Crippen molar-refractivity contribution in [3.63, 3.8) is 0 Å². The van der Waals surface area contributed by atoms with Crippen molar-refractivity contribution in [1.29, 1.82) is 0 Å². The Morgan fingerprint density at radius 2 is 2.33 bits per heavy atom. The standard InChI is InChI=1S/C11H16N4/c1-2-8-15-10(5-6-12)14-9-4-3-7-13-11(9)15/h3-4,7H,2,5-6,8,12H2,1H3. The number of pyridine rings is 1. The van der Waals surface area contributed by atoms with Gasteiger partial charge < -0.3 is 10.3 Å². The van der Waals surface area contributed by atoms with Gasteiger partial charge in [0.25, 0.3) is 0 Å². The van der Waals surface area contributed by atoms with E-state index in [-0.39, 0.29) is 0 Å². The van der Waals surface area contributed by atoms with Gasteiger partial charge in [0.15, 0.2) is 5.65 Å². The van der Waals surface area contributed by atoms with Crippen LogP contribution in [-0.4, -0.2) is 21.1 Å². The smallest absolute Gasteiger partial charge is 0.159 e. The van der Waals surface area contributed by atoms with Crippen molar-refractivity contribution in [2.24, 2.45) is 5.73 Å². The Balaban J connectivity index is 2.53. The second kappa shape index (κ2) is 4.40. The zero-order chi connectivity index (χ0) is 10.7. The Kier molecular flexibility index (Phi) is 2.97. The number of aromatic nitrogens is 3. The molecule has 4 heteroatoms. The van der Waals surface area contributed by atoms with E-state index in [0.29, 0.717) is 6.54 Å². The van der Waals surface area contributed by atoms with Gasteiger partial charge in [0.1, 0.15) is 11.3 Å². The number of hydrogen-bond donors (Lipinski definition) is 1. The minimum Gasteiger partial charge on any atom is -0.330 e. The number of fused-ring (bicyclic) bond motifs is 1. The van der Waals surface area contributed by atoms with Crippen LogP contribution in [0.1, 0.15) is 19.2 Å². The van der Waals surface area contributed by atoms with Crippen molar-refractivity contribution in [3.8, 4) is 0 Å². The Morgan fingerprint density at radius 1 is 1.47 bits per heavy atom. The van der Waals surface area contributed by atoms with Gasteiger partial charge >= 0.3 is 0 Å². The highest BCUT2D eigenvalue weighted by atomic mass is 15.1. The highest BCUT2D eigenvalue weighted by Crippen LogP contribution is 2.14. The molecule has 4 nitrogen and oxygen atoms in total. The van der Waals surface area contributed by atoms with Crippen LogP contribution in [0.5, 0.6) is 0 Å². The fraction of sp³-hybridized carbons (Fsp3) is 0.455. The molecule has 2 rings (SSSR count). The SMILES string of the molecule is CCCn1c(CCN)nc2cccnc21. The molecule has 0 amide bonds. The van der Waals surface area contributed by atoms with E-state index in [4.69, 9.17) is 5.73 Å². The Labute approximate surface area is 89.1 Å². The number of imidazole rings is 1. The van der Waals surface area contributed by atoms with Crippen LogP contribution >= 0.6 is 0 Å². The zero-order valence-corrected chi connectivity index (χ0v) is 8.98. The van der Waals surface area contributed by atoms with Gasteiger partial charge in [-0.05, 0) is 25.1 Å². The molecule has 0 aromatic carbocycles. The van der Waals surface area contributed by atoms with Crippen molar-refractivity contribution in [2.75, 3.05) is 6.54 Å². The third-order valence-electron chi connectivity index (χ3n) is 2.40. The minimum absolute atomic E-state index is 0.632. The van der Waals surface area contributed by atoms with Gasteiger partial charge in [0, 0.05) is 19.2 Å². The Hall–Kier alpha value is -1.42. The predicted octanol–water partition coefficient (Wildman–Crippen LogP) is 1.34. The first-order valence-corrected chi connectivity index (χ1v) is 5.37. The molecule has 0 radical (unpaired) electrons. The highest BCUT2D eigenvalue weighted by Gasteiger charge is 2.09. The largest absolute Gasteiger partial charge is 0.330 e. The van der Waals surface area contributed by atoms with Crippen LogP contribution in [0.4, 0.5) is 0 Å². The Morgan fingerprint density at radius 3 is 3.07 bits per heavy atom. The zero-order valence-electron chi connectivity index (χ0n) is 8.98. The van der Waals surface area contributed by atoms with E-state index in [2.05, 4.69) is 21.5 Å². The Bertz CT molecular complexity index is 447. The van der Waals surface area contributed by atoms with E-state index in [1.807, 2.05) is 18.3 Å². The van der Waals surface area contributed by atoms with Crippen LogP contribution in [0.15, 0.2) is 18.3 Å². The average Bonchev–Trinajstić information content (AvgIpc) is 2.59. The van der Waals surface area contributed by atoms with Gasteiger partial charge in [-0.1, -0.05) is 6.92 Å². The third kappa shape index (κ3) is 1.85. The number of nitrogens with two attached hydrogens (primary N) is 1. The number of hydrogen-bond acceptors (Lipinski definition) is 3. The van der Waals surface area contributed by atoms with E-state index in [0.717, 1.165) is 36.4 Å². The van der Waals surface area contributed by atoms with E-state index in [1.165, 1.54) is 0 Å². The first-order chi connectivity index (χ1) is 7.36. The van der Waals surface area contributed by atoms with Crippen LogP contribution in [0, 0.1) is 0 Å². The van der Waals surface area contributed by atoms with Crippen LogP contribution in [0.2, 0.25) is 0 Å². The van der Waals surface area contributed by atoms with Gasteiger partial charge in [-0.25, -0.2) is 9.97 Å². The molecule has 2 aromatic rings. The molecule has 0 fully saturated rings. The summed E-state index contributed by atoms with van der Waals surface area (Å²) in [6, 6.07) is 3.91. The molecule has 2 heterocycles. The van der Waals surface area contributed by atoms with Gasteiger partial charge in [-0.15, -0.1) is 0 Å². The molecular formula is C11H16N4. The lowest BCUT2D eigenvalue weighted by atomic mass is 10.4. The summed E-state index contributed by atoms with van der Waals surface area (Å²) in [4.78, 5) is 8.90. The summed E-state index contributed by atoms with van der Waals surface area (Å²) in [6.45, 7) is 3.75. The van der Waals surface area contributed by atoms with E-state index < -0.39 is 0 Å². The summed E-state index contributed by atoms with van der Waals surface area (Å²) in [5.74, 6) is 1.05. The number of nitrogens with zero attached hydrogens (tertiary/aromatic N) is 3. The van der Waals surface area contributed by atoms with Crippen molar-refractivity contribution in [3.05, 3.63) is 24.2 Å². The number of rotatable bonds is 4. The van der Waals surface area contributed by atoms with E-state index >= 15 is 0 Å². The molecule has 0 spiro atoms. The third-order valence-corrected chi connectivity index (χ3v) is 2.40. The summed E-state index contributed by atoms with van der Waals surface area (Å²) in [6.07, 6.45) is 3.71. The molecule has 2 N–H and O–H groups in total. The van der Waals surface area contributed by atoms with Crippen LogP contribution < -0.4 is 5.73 Å². The molecule has 0 bridgehead atoms. The molecule has 0 aliphatic rings. The fourth-order valence-electron chi connectivity index (χ4n) is 1.78. The molecule has 0 saturated carbocycles. The lowest BCUT2D eigenvalue weighted by molar-refractivity contribution is 0.647. The summed E-state index contributed by atoms with van der Waals surface area (Å²) in [5.41, 5.74) is 7.52. The van der Waals surface area contributed by atoms with Crippen LogP contribution in [0.25, 0.3) is 11.2 Å². The van der Waals surface area contributed by atoms with Crippen molar-refractivity contribution in [1.82, 2.24) is 14.5 Å². The molecule has 15 heavy (non-hydrogen) atoms. The molecule has 0 unspecified atom stereocenters. The predicted molar refractivity (Wildman–Crippen MR) is 60.6 cm³/mol. The topological polar surface area (TPSA) is 56.7 Å². The minimum atomic E-state index is 0.632. The second-order valence-electron chi connectivity index (χ2n) is 3.56. The second-order valence-corrected chi connectivity index (χ2v) is 3.56. The first kappa shape index (κ1) is 10.1. The molecule has 80 valence electrons. The van der Waals surface area contributed by atoms with Gasteiger partial charge in [0.2, 0.25) is 0 Å². The van der Waals surface area contributed by atoms with Crippen molar-refractivity contribution >= 4 is 11.2 Å². The summed E-state index contributed by atoms with van der Waals surface area (Å²) < 4.78 is 2.17. The normalized spacial score (nSPS) is 11.1. The van der Waals surface area contributed by atoms with Crippen molar-refractivity contribution in [2.45, 2.75) is 26.3 Å². The summed E-state index contributed by atoms with van der Waals surface area (Å²) >= 11 is 0. The average molecular weight is 204 g/mol. The summed E-state index contributed by atoms with van der Waals surface area (Å²) in [5, 5.41) is 0. The lowest BCUT2D eigenvalue weighted by Gasteiger charge is -2.05.